The van der Waals surface area contributed by atoms with E-state index >= 15 is 0 Å². The first-order chi connectivity index (χ1) is 8.40. The van der Waals surface area contributed by atoms with Crippen LogP contribution in [0.15, 0.2) is 0 Å². The fourth-order valence-electron chi connectivity index (χ4n) is 1.44. The molecule has 0 aromatic carbocycles. The highest BCUT2D eigenvalue weighted by Gasteiger charge is 2.01. The maximum atomic E-state index is 3.48. The molecule has 4 atom stereocenters. The van der Waals surface area contributed by atoms with Crippen LogP contribution in [0.3, 0.4) is 0 Å². The van der Waals surface area contributed by atoms with Gasteiger partial charge >= 0.3 is 0 Å². The Morgan fingerprint density at radius 3 is 0.778 bits per heavy atom. The predicted molar refractivity (Wildman–Crippen MR) is 85.3 cm³/mol. The second-order valence-electron chi connectivity index (χ2n) is 5.57. The van der Waals surface area contributed by atoms with Crippen LogP contribution >= 0.6 is 0 Å². The molecule has 0 spiro atoms. The topological polar surface area (TPSA) is 24.1 Å². The average molecular weight is 258 g/mol. The van der Waals surface area contributed by atoms with Gasteiger partial charge in [0.2, 0.25) is 0 Å². The molecule has 0 heterocycles. The molecule has 112 valence electrons. The summed E-state index contributed by atoms with van der Waals surface area (Å²) in [4.78, 5) is 0. The van der Waals surface area contributed by atoms with Gasteiger partial charge in [0.25, 0.3) is 0 Å². The van der Waals surface area contributed by atoms with Crippen molar-refractivity contribution < 1.29 is 0 Å². The van der Waals surface area contributed by atoms with Gasteiger partial charge < -0.3 is 10.6 Å². The first kappa shape index (κ1) is 20.2. The summed E-state index contributed by atoms with van der Waals surface area (Å²) in [6.45, 7) is 17.7. The van der Waals surface area contributed by atoms with E-state index in [2.05, 4.69) is 66.0 Å². The molecule has 4 unspecified atom stereocenters. The molecule has 0 aliphatic carbocycles. The zero-order chi connectivity index (χ0) is 14.6. The van der Waals surface area contributed by atoms with Crippen LogP contribution in [0, 0.1) is 0 Å². The molecular formula is C16H38N2. The van der Waals surface area contributed by atoms with Gasteiger partial charge in [-0.3, -0.25) is 0 Å². The van der Waals surface area contributed by atoms with E-state index in [1.54, 1.807) is 0 Å². The van der Waals surface area contributed by atoms with Crippen molar-refractivity contribution in [2.45, 2.75) is 105 Å². The van der Waals surface area contributed by atoms with Crippen LogP contribution in [-0.4, -0.2) is 24.2 Å². The Morgan fingerprint density at radius 2 is 0.667 bits per heavy atom. The van der Waals surface area contributed by atoms with Crippen molar-refractivity contribution in [3.8, 4) is 0 Å². The molecule has 0 aromatic rings. The van der Waals surface area contributed by atoms with E-state index in [4.69, 9.17) is 0 Å². The molecule has 0 fully saturated rings. The fourth-order valence-corrected chi connectivity index (χ4v) is 1.44. The Hall–Kier alpha value is -0.0800. The minimum atomic E-state index is 0.681. The van der Waals surface area contributed by atoms with Crippen molar-refractivity contribution in [3.05, 3.63) is 0 Å². The summed E-state index contributed by atoms with van der Waals surface area (Å²) in [6.07, 6.45) is 4.91. The summed E-state index contributed by atoms with van der Waals surface area (Å²) >= 11 is 0. The second-order valence-corrected chi connectivity index (χ2v) is 5.57. The van der Waals surface area contributed by atoms with Crippen LogP contribution in [0.25, 0.3) is 0 Å². The molecule has 0 amide bonds. The molecule has 0 saturated heterocycles. The molecule has 0 radical (unpaired) electrons. The van der Waals surface area contributed by atoms with E-state index in [-0.39, 0.29) is 0 Å². The van der Waals surface area contributed by atoms with E-state index in [0.717, 1.165) is 0 Å². The van der Waals surface area contributed by atoms with Crippen molar-refractivity contribution >= 4 is 0 Å². The van der Waals surface area contributed by atoms with Gasteiger partial charge in [-0.15, -0.1) is 0 Å². The van der Waals surface area contributed by atoms with Gasteiger partial charge in [0, 0.05) is 24.2 Å². The van der Waals surface area contributed by atoms with Crippen molar-refractivity contribution in [3.63, 3.8) is 0 Å². The van der Waals surface area contributed by atoms with Crippen LogP contribution in [0.2, 0.25) is 0 Å². The van der Waals surface area contributed by atoms with Crippen LogP contribution in [0.5, 0.6) is 0 Å². The summed E-state index contributed by atoms with van der Waals surface area (Å²) < 4.78 is 0. The number of hydrogen-bond donors (Lipinski definition) is 2. The van der Waals surface area contributed by atoms with Crippen molar-refractivity contribution in [1.29, 1.82) is 0 Å². The molecule has 0 bridgehead atoms. The first-order valence-electron chi connectivity index (χ1n) is 7.93. The van der Waals surface area contributed by atoms with E-state index in [1.165, 1.54) is 25.7 Å². The van der Waals surface area contributed by atoms with Crippen LogP contribution < -0.4 is 10.6 Å². The highest BCUT2D eigenvalue weighted by molar-refractivity contribution is 4.64. The summed E-state index contributed by atoms with van der Waals surface area (Å²) in [5.41, 5.74) is 0. The zero-order valence-electron chi connectivity index (χ0n) is 14.1. The third kappa shape index (κ3) is 14.0. The maximum absolute atomic E-state index is 3.48. The molecule has 0 aliphatic rings. The Balaban J connectivity index is 0. The van der Waals surface area contributed by atoms with Crippen LogP contribution in [0.4, 0.5) is 0 Å². The highest BCUT2D eigenvalue weighted by Crippen LogP contribution is 1.94. The van der Waals surface area contributed by atoms with Gasteiger partial charge in [0.1, 0.15) is 0 Å². The fraction of sp³-hybridized carbons (Fsp3) is 1.00. The Kier molecular flexibility index (Phi) is 15.0. The van der Waals surface area contributed by atoms with E-state index in [1.807, 2.05) is 0 Å². The normalized spacial score (nSPS) is 17.3. The molecule has 0 saturated carbocycles. The zero-order valence-corrected chi connectivity index (χ0v) is 14.1. The Morgan fingerprint density at radius 1 is 0.500 bits per heavy atom. The lowest BCUT2D eigenvalue weighted by atomic mass is 10.2. The summed E-state index contributed by atoms with van der Waals surface area (Å²) in [7, 11) is 0. The molecule has 2 nitrogen and oxygen atoms in total. The minimum absolute atomic E-state index is 0.681. The van der Waals surface area contributed by atoms with Gasteiger partial charge in [-0.25, -0.2) is 0 Å². The van der Waals surface area contributed by atoms with Crippen LogP contribution in [0.1, 0.15) is 81.1 Å². The first-order valence-corrected chi connectivity index (χ1v) is 7.93. The number of nitrogens with one attached hydrogen (secondary N) is 2. The molecule has 0 aromatic heterocycles. The minimum Gasteiger partial charge on any atom is -0.312 e. The monoisotopic (exact) mass is 258 g/mol. The molecule has 0 aliphatic heterocycles. The lowest BCUT2D eigenvalue weighted by molar-refractivity contribution is 0.449. The Labute approximate surface area is 116 Å². The molecular weight excluding hydrogens is 220 g/mol. The largest absolute Gasteiger partial charge is 0.312 e. The van der Waals surface area contributed by atoms with Gasteiger partial charge in [-0.05, 0) is 53.4 Å². The molecule has 2 N–H and O–H groups in total. The lowest BCUT2D eigenvalue weighted by Crippen LogP contribution is -2.33. The Bertz CT molecular complexity index is 125. The van der Waals surface area contributed by atoms with Gasteiger partial charge in [-0.1, -0.05) is 27.7 Å². The van der Waals surface area contributed by atoms with Gasteiger partial charge in [0.05, 0.1) is 0 Å². The highest BCUT2D eigenvalue weighted by atomic mass is 14.9. The van der Waals surface area contributed by atoms with Gasteiger partial charge in [0.15, 0.2) is 0 Å². The quantitative estimate of drug-likeness (QED) is 0.676. The van der Waals surface area contributed by atoms with E-state index in [9.17, 15) is 0 Å². The van der Waals surface area contributed by atoms with Crippen molar-refractivity contribution in [1.82, 2.24) is 10.6 Å². The molecule has 18 heavy (non-hydrogen) atoms. The summed E-state index contributed by atoms with van der Waals surface area (Å²) in [5.74, 6) is 0. The third-order valence-corrected chi connectivity index (χ3v) is 3.59. The van der Waals surface area contributed by atoms with Gasteiger partial charge in [-0.2, -0.15) is 0 Å². The van der Waals surface area contributed by atoms with Crippen molar-refractivity contribution in [2.75, 3.05) is 0 Å². The maximum Gasteiger partial charge on any atom is 0.00385 e. The number of hydrogen-bond acceptors (Lipinski definition) is 2. The smallest absolute Gasteiger partial charge is 0.00385 e. The second kappa shape index (κ2) is 13.4. The standard InChI is InChI=1S/2C8H19N/c2*1-5-7(3)9-8(4)6-2/h2*7-9H,5-6H2,1-4H3. The van der Waals surface area contributed by atoms with Crippen molar-refractivity contribution in [2.24, 2.45) is 0 Å². The van der Waals surface area contributed by atoms with Crippen LogP contribution in [-0.2, 0) is 0 Å². The predicted octanol–water partition coefficient (Wildman–Crippen LogP) is 4.35. The summed E-state index contributed by atoms with van der Waals surface area (Å²) in [5, 5.41) is 6.96. The third-order valence-electron chi connectivity index (χ3n) is 3.59. The van der Waals surface area contributed by atoms with E-state index in [0.29, 0.717) is 24.2 Å². The summed E-state index contributed by atoms with van der Waals surface area (Å²) in [6, 6.07) is 2.72. The SMILES string of the molecule is CCC(C)NC(C)CC.CCC(C)NC(C)CC. The average Bonchev–Trinajstić information content (AvgIpc) is 2.38. The number of rotatable bonds is 8. The molecule has 0 rings (SSSR count). The lowest BCUT2D eigenvalue weighted by Gasteiger charge is -2.16. The molecule has 2 heteroatoms. The van der Waals surface area contributed by atoms with E-state index < -0.39 is 0 Å².